The summed E-state index contributed by atoms with van der Waals surface area (Å²) in [4.78, 5) is 7.18. The Morgan fingerprint density at radius 3 is 2.86 bits per heavy atom. The van der Waals surface area contributed by atoms with Crippen LogP contribution in [0.2, 0.25) is 0 Å². The van der Waals surface area contributed by atoms with Crippen LogP contribution < -0.4 is 16.0 Å². The van der Waals surface area contributed by atoms with Crippen molar-refractivity contribution in [3.05, 3.63) is 65.0 Å². The second-order valence-corrected chi connectivity index (χ2v) is 7.77. The number of nitrogens with zero attached hydrogens (tertiary/aromatic N) is 2. The van der Waals surface area contributed by atoms with Gasteiger partial charge in [-0.3, -0.25) is 0 Å². The number of pyridine rings is 1. The zero-order valence-corrected chi connectivity index (χ0v) is 16.5. The number of aryl methyl sites for hydroxylation is 2. The standard InChI is InChI=1S/C23H27FN4/c1-15-5-8-21-20(10-15)22(26-16(2)13-25)12-23(27-21)28-9-3-4-17-6-7-19(24)11-18(17)14-28/h5-8,10-12,16H,3-4,9,13-14,25H2,1-2H3,(H,26,27). The molecule has 2 aromatic carbocycles. The Morgan fingerprint density at radius 1 is 1.18 bits per heavy atom. The molecular weight excluding hydrogens is 351 g/mol. The van der Waals surface area contributed by atoms with Crippen LogP contribution in [-0.2, 0) is 13.0 Å². The molecule has 0 fully saturated rings. The first-order chi connectivity index (χ1) is 13.5. The van der Waals surface area contributed by atoms with Crippen molar-refractivity contribution < 1.29 is 4.39 Å². The number of anilines is 2. The topological polar surface area (TPSA) is 54.2 Å². The minimum absolute atomic E-state index is 0.165. The Hall–Kier alpha value is -2.66. The van der Waals surface area contributed by atoms with E-state index in [9.17, 15) is 4.39 Å². The normalized spacial score (nSPS) is 15.2. The molecule has 0 saturated carbocycles. The third-order valence-corrected chi connectivity index (χ3v) is 5.43. The fourth-order valence-corrected chi connectivity index (χ4v) is 3.86. The van der Waals surface area contributed by atoms with Crippen LogP contribution in [-0.4, -0.2) is 24.1 Å². The molecule has 146 valence electrons. The van der Waals surface area contributed by atoms with E-state index in [4.69, 9.17) is 10.7 Å². The molecule has 3 N–H and O–H groups in total. The van der Waals surface area contributed by atoms with Gasteiger partial charge in [-0.1, -0.05) is 17.7 Å². The summed E-state index contributed by atoms with van der Waals surface area (Å²) in [5, 5.41) is 4.64. The van der Waals surface area contributed by atoms with Crippen molar-refractivity contribution in [1.82, 2.24) is 4.98 Å². The average Bonchev–Trinajstić information content (AvgIpc) is 2.90. The second kappa shape index (κ2) is 7.76. The van der Waals surface area contributed by atoms with Crippen LogP contribution in [0.5, 0.6) is 0 Å². The lowest BCUT2D eigenvalue weighted by Crippen LogP contribution is -2.26. The number of aromatic nitrogens is 1. The molecule has 28 heavy (non-hydrogen) atoms. The van der Waals surface area contributed by atoms with Crippen LogP contribution in [0.25, 0.3) is 10.9 Å². The van der Waals surface area contributed by atoms with Gasteiger partial charge in [0.1, 0.15) is 11.6 Å². The minimum atomic E-state index is -0.179. The molecule has 0 amide bonds. The Balaban J connectivity index is 1.76. The molecule has 1 aliphatic rings. The maximum atomic E-state index is 13.8. The summed E-state index contributed by atoms with van der Waals surface area (Å²) >= 11 is 0. The van der Waals surface area contributed by atoms with E-state index < -0.39 is 0 Å². The van der Waals surface area contributed by atoms with E-state index in [-0.39, 0.29) is 11.9 Å². The van der Waals surface area contributed by atoms with E-state index in [0.29, 0.717) is 13.1 Å². The van der Waals surface area contributed by atoms with Gasteiger partial charge in [-0.15, -0.1) is 0 Å². The van der Waals surface area contributed by atoms with E-state index >= 15 is 0 Å². The molecule has 5 heteroatoms. The number of nitrogens with two attached hydrogens (primary N) is 1. The third kappa shape index (κ3) is 3.80. The Kier molecular flexibility index (Phi) is 5.18. The van der Waals surface area contributed by atoms with Crippen LogP contribution in [0.15, 0.2) is 42.5 Å². The van der Waals surface area contributed by atoms with E-state index in [1.807, 2.05) is 6.07 Å². The molecule has 1 aliphatic heterocycles. The van der Waals surface area contributed by atoms with E-state index in [1.54, 1.807) is 12.1 Å². The fraction of sp³-hybridized carbons (Fsp3) is 0.348. The van der Waals surface area contributed by atoms with Crippen LogP contribution in [0.1, 0.15) is 30.0 Å². The van der Waals surface area contributed by atoms with Crippen molar-refractivity contribution >= 4 is 22.4 Å². The van der Waals surface area contributed by atoms with Crippen LogP contribution >= 0.6 is 0 Å². The van der Waals surface area contributed by atoms with Gasteiger partial charge in [0, 0.05) is 42.8 Å². The zero-order chi connectivity index (χ0) is 19.7. The van der Waals surface area contributed by atoms with Crippen molar-refractivity contribution in [3.8, 4) is 0 Å². The summed E-state index contributed by atoms with van der Waals surface area (Å²) in [7, 11) is 0. The average molecular weight is 378 g/mol. The van der Waals surface area contributed by atoms with Gasteiger partial charge in [0.15, 0.2) is 0 Å². The Labute approximate surface area is 165 Å². The van der Waals surface area contributed by atoms with E-state index in [1.165, 1.54) is 11.1 Å². The van der Waals surface area contributed by atoms with Crippen LogP contribution in [0.4, 0.5) is 15.9 Å². The van der Waals surface area contributed by atoms with Crippen molar-refractivity contribution in [3.63, 3.8) is 0 Å². The number of hydrogen-bond acceptors (Lipinski definition) is 4. The SMILES string of the molecule is Cc1ccc2nc(N3CCCc4ccc(F)cc4C3)cc(NC(C)CN)c2c1. The van der Waals surface area contributed by atoms with Gasteiger partial charge in [0.05, 0.1) is 5.52 Å². The summed E-state index contributed by atoms with van der Waals surface area (Å²) in [6, 6.07) is 13.7. The first kappa shape index (κ1) is 18.7. The number of hydrogen-bond donors (Lipinski definition) is 2. The number of nitrogens with one attached hydrogen (secondary N) is 1. The van der Waals surface area contributed by atoms with Crippen molar-refractivity contribution in [2.24, 2.45) is 5.73 Å². The molecule has 2 heterocycles. The lowest BCUT2D eigenvalue weighted by Gasteiger charge is -2.24. The quantitative estimate of drug-likeness (QED) is 0.707. The molecule has 0 aliphatic carbocycles. The molecule has 4 nitrogen and oxygen atoms in total. The maximum absolute atomic E-state index is 13.8. The Morgan fingerprint density at radius 2 is 2.04 bits per heavy atom. The number of rotatable bonds is 4. The van der Waals surface area contributed by atoms with Gasteiger partial charge in [0.2, 0.25) is 0 Å². The number of halogens is 1. The van der Waals surface area contributed by atoms with E-state index in [0.717, 1.165) is 47.4 Å². The van der Waals surface area contributed by atoms with Gasteiger partial charge in [-0.25, -0.2) is 9.37 Å². The zero-order valence-electron chi connectivity index (χ0n) is 16.5. The predicted octanol–water partition coefficient (Wildman–Crippen LogP) is 4.39. The maximum Gasteiger partial charge on any atom is 0.131 e. The van der Waals surface area contributed by atoms with E-state index in [2.05, 4.69) is 48.3 Å². The molecule has 0 saturated heterocycles. The highest BCUT2D eigenvalue weighted by molar-refractivity contribution is 5.93. The highest BCUT2D eigenvalue weighted by atomic mass is 19.1. The van der Waals surface area contributed by atoms with Gasteiger partial charge in [-0.2, -0.15) is 0 Å². The number of benzene rings is 2. The summed E-state index contributed by atoms with van der Waals surface area (Å²) in [6.45, 7) is 6.29. The first-order valence-corrected chi connectivity index (χ1v) is 9.94. The van der Waals surface area contributed by atoms with Gasteiger partial charge < -0.3 is 16.0 Å². The predicted molar refractivity (Wildman–Crippen MR) is 114 cm³/mol. The summed E-state index contributed by atoms with van der Waals surface area (Å²) in [5.41, 5.74) is 11.3. The molecule has 1 aromatic heterocycles. The highest BCUT2D eigenvalue weighted by Gasteiger charge is 2.18. The van der Waals surface area contributed by atoms with Gasteiger partial charge >= 0.3 is 0 Å². The summed E-state index contributed by atoms with van der Waals surface area (Å²) < 4.78 is 13.8. The van der Waals surface area contributed by atoms with Crippen molar-refractivity contribution in [1.29, 1.82) is 0 Å². The minimum Gasteiger partial charge on any atom is -0.381 e. The highest BCUT2D eigenvalue weighted by Crippen LogP contribution is 2.31. The van der Waals surface area contributed by atoms with Gasteiger partial charge in [0.25, 0.3) is 0 Å². The number of fused-ring (bicyclic) bond motifs is 2. The molecule has 1 unspecified atom stereocenters. The smallest absolute Gasteiger partial charge is 0.131 e. The van der Waals surface area contributed by atoms with Gasteiger partial charge in [-0.05, 0) is 62.1 Å². The van der Waals surface area contributed by atoms with Crippen LogP contribution in [0.3, 0.4) is 0 Å². The summed E-state index contributed by atoms with van der Waals surface area (Å²) in [6.07, 6.45) is 1.99. The lowest BCUT2D eigenvalue weighted by molar-refractivity contribution is 0.624. The molecule has 0 bridgehead atoms. The largest absolute Gasteiger partial charge is 0.381 e. The third-order valence-electron chi connectivity index (χ3n) is 5.43. The first-order valence-electron chi connectivity index (χ1n) is 9.94. The van der Waals surface area contributed by atoms with Crippen molar-refractivity contribution in [2.75, 3.05) is 23.3 Å². The van der Waals surface area contributed by atoms with Crippen LogP contribution in [0, 0.1) is 12.7 Å². The second-order valence-electron chi connectivity index (χ2n) is 7.77. The molecule has 0 radical (unpaired) electrons. The lowest BCUT2D eigenvalue weighted by atomic mass is 10.0. The summed E-state index contributed by atoms with van der Waals surface area (Å²) in [5.74, 6) is 0.738. The fourth-order valence-electron chi connectivity index (χ4n) is 3.86. The monoisotopic (exact) mass is 378 g/mol. The molecule has 1 atom stereocenters. The Bertz CT molecular complexity index is 1000. The molecule has 4 rings (SSSR count). The molecular formula is C23H27FN4. The molecule has 3 aromatic rings. The molecule has 0 spiro atoms. The van der Waals surface area contributed by atoms with Crippen molar-refractivity contribution in [2.45, 2.75) is 39.3 Å².